The Morgan fingerprint density at radius 3 is 2.40 bits per heavy atom. The number of carboxylic acid groups (broad SMARTS) is 1. The van der Waals surface area contributed by atoms with Crippen molar-refractivity contribution in [3.8, 4) is 0 Å². The molecule has 0 saturated carbocycles. The Balaban J connectivity index is 2.86. The van der Waals surface area contributed by atoms with Gasteiger partial charge in [0.15, 0.2) is 0 Å². The van der Waals surface area contributed by atoms with Crippen LogP contribution in [0.4, 0.5) is 11.4 Å². The molecule has 9 heteroatoms. The number of aryl methyl sites for hydroxylation is 1. The van der Waals surface area contributed by atoms with Crippen molar-refractivity contribution in [1.29, 1.82) is 0 Å². The summed E-state index contributed by atoms with van der Waals surface area (Å²) in [5, 5.41) is 21.9. The molecule has 0 fully saturated rings. The van der Waals surface area contributed by atoms with Crippen molar-refractivity contribution < 1.29 is 19.6 Å². The Morgan fingerprint density at radius 1 is 1.35 bits per heavy atom. The van der Waals surface area contributed by atoms with Crippen LogP contribution in [0, 0.1) is 17.0 Å². The summed E-state index contributed by atoms with van der Waals surface area (Å²) in [5.41, 5.74) is 0.809. The zero-order chi connectivity index (χ0) is 15.4. The summed E-state index contributed by atoms with van der Waals surface area (Å²) >= 11 is 5.86. The van der Waals surface area contributed by atoms with Crippen molar-refractivity contribution in [3.63, 3.8) is 0 Å². The van der Waals surface area contributed by atoms with Crippen LogP contribution in [-0.2, 0) is 9.59 Å². The van der Waals surface area contributed by atoms with E-state index >= 15 is 0 Å². The molecule has 1 aromatic carbocycles. The third-order valence-electron chi connectivity index (χ3n) is 2.42. The molecule has 1 rings (SSSR count). The smallest absolute Gasteiger partial charge is 0.318 e. The van der Waals surface area contributed by atoms with Crippen LogP contribution in [0.15, 0.2) is 18.2 Å². The Kier molecular flexibility index (Phi) is 5.63. The van der Waals surface area contributed by atoms with Gasteiger partial charge in [-0.05, 0) is 18.6 Å². The van der Waals surface area contributed by atoms with Crippen molar-refractivity contribution in [1.82, 2.24) is 0 Å². The lowest BCUT2D eigenvalue weighted by molar-refractivity contribution is -0.384. The molecule has 0 aliphatic rings. The second-order valence-electron chi connectivity index (χ2n) is 3.89. The molecule has 0 radical (unpaired) electrons. The number of nitrogens with zero attached hydrogens (tertiary/aromatic N) is 1. The normalized spacial score (nSPS) is 13.3. The van der Waals surface area contributed by atoms with Gasteiger partial charge in [0.1, 0.15) is 9.65 Å². The van der Waals surface area contributed by atoms with Crippen LogP contribution in [0.25, 0.3) is 0 Å². The topological polar surface area (TPSA) is 110 Å². The van der Waals surface area contributed by atoms with Crippen molar-refractivity contribution in [2.75, 3.05) is 5.32 Å². The van der Waals surface area contributed by atoms with Crippen LogP contribution in [0.1, 0.15) is 5.56 Å². The summed E-state index contributed by atoms with van der Waals surface area (Å²) in [5.74, 6) is -1.74. The zero-order valence-corrected chi connectivity index (χ0v) is 13.3. The number of nitro groups is 1. The van der Waals surface area contributed by atoms with E-state index < -0.39 is 26.5 Å². The first-order chi connectivity index (χ1) is 9.23. The Morgan fingerprint density at radius 2 is 1.95 bits per heavy atom. The molecule has 1 aromatic rings. The van der Waals surface area contributed by atoms with Crippen LogP contribution in [0.3, 0.4) is 0 Å². The number of halogens is 2. The first-order valence-electron chi connectivity index (χ1n) is 5.31. The molecule has 108 valence electrons. The fourth-order valence-electron chi connectivity index (χ4n) is 1.36. The number of nitrogens with one attached hydrogen (secondary N) is 1. The van der Waals surface area contributed by atoms with Crippen molar-refractivity contribution in [2.24, 2.45) is 0 Å². The number of carbonyl (C=O) groups excluding carboxylic acids is 1. The van der Waals surface area contributed by atoms with Gasteiger partial charge in [-0.2, -0.15) is 0 Å². The van der Waals surface area contributed by atoms with Gasteiger partial charge in [0.25, 0.3) is 5.69 Å². The molecule has 20 heavy (non-hydrogen) atoms. The lowest BCUT2D eigenvalue weighted by Crippen LogP contribution is -2.34. The van der Waals surface area contributed by atoms with Crippen LogP contribution < -0.4 is 5.32 Å². The van der Waals surface area contributed by atoms with E-state index in [1.165, 1.54) is 18.2 Å². The highest BCUT2D eigenvalue weighted by Crippen LogP contribution is 2.23. The maximum Gasteiger partial charge on any atom is 0.318 e. The average Bonchev–Trinajstić information content (AvgIpc) is 2.38. The summed E-state index contributed by atoms with van der Waals surface area (Å²) in [7, 11) is 0. The van der Waals surface area contributed by atoms with E-state index in [1.54, 1.807) is 6.92 Å². The Bertz CT molecular complexity index is 564. The third-order valence-corrected chi connectivity index (χ3v) is 5.00. The van der Waals surface area contributed by atoms with E-state index in [4.69, 9.17) is 5.11 Å². The highest BCUT2D eigenvalue weighted by Gasteiger charge is 2.29. The Hall–Kier alpha value is -1.48. The minimum Gasteiger partial charge on any atom is -0.480 e. The van der Waals surface area contributed by atoms with E-state index in [0.717, 1.165) is 0 Å². The highest BCUT2D eigenvalue weighted by molar-refractivity contribution is 9.12. The second-order valence-corrected chi connectivity index (χ2v) is 5.86. The number of non-ortho nitro benzene ring substituents is 1. The molecular formula is C11H10Br2N2O5. The van der Waals surface area contributed by atoms with Crippen LogP contribution in [0.2, 0.25) is 0 Å². The number of aliphatic carboxylic acids is 1. The van der Waals surface area contributed by atoms with Gasteiger partial charge in [-0.3, -0.25) is 19.7 Å². The molecule has 1 amide bonds. The minimum atomic E-state index is -1.18. The largest absolute Gasteiger partial charge is 0.480 e. The molecule has 0 spiro atoms. The molecular weight excluding hydrogens is 400 g/mol. The first-order valence-corrected chi connectivity index (χ1v) is 7.14. The number of carbonyl (C=O) groups is 2. The molecule has 0 aliphatic carbocycles. The molecule has 2 atom stereocenters. The van der Waals surface area contributed by atoms with Gasteiger partial charge in [-0.1, -0.05) is 31.9 Å². The maximum absolute atomic E-state index is 11.8. The summed E-state index contributed by atoms with van der Waals surface area (Å²) in [6.07, 6.45) is 0. The molecule has 7 nitrogen and oxygen atoms in total. The van der Waals surface area contributed by atoms with E-state index in [-0.39, 0.29) is 5.69 Å². The number of alkyl halides is 2. The van der Waals surface area contributed by atoms with E-state index in [9.17, 15) is 19.7 Å². The predicted molar refractivity (Wildman–Crippen MR) is 79.5 cm³/mol. The molecule has 0 aromatic heterocycles. The van der Waals surface area contributed by atoms with Gasteiger partial charge >= 0.3 is 5.97 Å². The summed E-state index contributed by atoms with van der Waals surface area (Å²) in [6.45, 7) is 1.61. The van der Waals surface area contributed by atoms with Crippen molar-refractivity contribution in [2.45, 2.75) is 16.6 Å². The molecule has 0 aliphatic heterocycles. The molecule has 0 heterocycles. The lowest BCUT2D eigenvalue weighted by Gasteiger charge is -2.14. The fourth-order valence-corrected chi connectivity index (χ4v) is 1.94. The standard InChI is InChI=1S/C11H10Br2N2O5/c1-5-4-6(15(19)20)2-3-7(5)14-10(16)8(12)9(13)11(17)18/h2-4,8-9H,1H3,(H,14,16)(H,17,18)/t8-,9+/m1/s1. The van der Waals surface area contributed by atoms with Gasteiger partial charge in [-0.15, -0.1) is 0 Å². The van der Waals surface area contributed by atoms with Gasteiger partial charge < -0.3 is 10.4 Å². The van der Waals surface area contributed by atoms with Crippen LogP contribution in [0.5, 0.6) is 0 Å². The first kappa shape index (κ1) is 16.6. The minimum absolute atomic E-state index is 0.0835. The average molecular weight is 410 g/mol. The van der Waals surface area contributed by atoms with Crippen LogP contribution >= 0.6 is 31.9 Å². The van der Waals surface area contributed by atoms with Crippen molar-refractivity contribution in [3.05, 3.63) is 33.9 Å². The second kappa shape index (κ2) is 6.80. The number of hydrogen-bond donors (Lipinski definition) is 2. The van der Waals surface area contributed by atoms with Gasteiger partial charge in [0, 0.05) is 17.8 Å². The van der Waals surface area contributed by atoms with Crippen LogP contribution in [-0.4, -0.2) is 31.6 Å². The SMILES string of the molecule is Cc1cc([N+](=O)[O-])ccc1NC(=O)[C@H](Br)[C@H](Br)C(=O)O. The van der Waals surface area contributed by atoms with Crippen molar-refractivity contribution >= 4 is 55.1 Å². The number of rotatable bonds is 5. The number of hydrogen-bond acceptors (Lipinski definition) is 4. The van der Waals surface area contributed by atoms with Gasteiger partial charge in [0.2, 0.25) is 5.91 Å². The van der Waals surface area contributed by atoms with E-state index in [1.807, 2.05) is 0 Å². The number of amides is 1. The molecule has 2 N–H and O–H groups in total. The lowest BCUT2D eigenvalue weighted by atomic mass is 10.1. The van der Waals surface area contributed by atoms with Gasteiger partial charge in [-0.25, -0.2) is 0 Å². The van der Waals surface area contributed by atoms with E-state index in [0.29, 0.717) is 11.3 Å². The Labute approximate surface area is 130 Å². The maximum atomic E-state index is 11.8. The fraction of sp³-hybridized carbons (Fsp3) is 0.273. The number of nitro benzene ring substituents is 1. The predicted octanol–water partition coefficient (Wildman–Crippen LogP) is 2.45. The zero-order valence-electron chi connectivity index (χ0n) is 10.2. The quantitative estimate of drug-likeness (QED) is 0.441. The number of anilines is 1. The summed E-state index contributed by atoms with van der Waals surface area (Å²) in [4.78, 5) is 30.6. The molecule has 0 unspecified atom stereocenters. The highest BCUT2D eigenvalue weighted by atomic mass is 79.9. The summed E-state index contributed by atoms with van der Waals surface area (Å²) < 4.78 is 0. The summed E-state index contributed by atoms with van der Waals surface area (Å²) in [6, 6.07) is 3.98. The monoisotopic (exact) mass is 408 g/mol. The van der Waals surface area contributed by atoms with E-state index in [2.05, 4.69) is 37.2 Å². The molecule has 0 bridgehead atoms. The molecule has 0 saturated heterocycles. The number of benzene rings is 1. The van der Waals surface area contributed by atoms with Gasteiger partial charge in [0.05, 0.1) is 4.92 Å². The number of carboxylic acids is 1. The third kappa shape index (κ3) is 4.01.